The van der Waals surface area contributed by atoms with Crippen molar-refractivity contribution in [2.75, 3.05) is 27.4 Å². The third-order valence-electron chi connectivity index (χ3n) is 7.52. The summed E-state index contributed by atoms with van der Waals surface area (Å²) < 4.78 is 42.9. The standard InChI is InChI=1S/C29H40O10/c1-27(33-3)28(2,34-4)39-25-24(38-27)23(19-35-17-20-11-7-5-8-12-20)37-29(32,15-22(31)16-30)26(25)36-18-21-13-9-6-10-14-21/h5-14,22-26,30-32H,15-19H2,1-4H3/t22-,23+,24+,25-,26+,27?,28?,29?/m0/s1. The summed E-state index contributed by atoms with van der Waals surface area (Å²) in [6.07, 6.45) is -5.32. The van der Waals surface area contributed by atoms with Crippen LogP contribution >= 0.6 is 0 Å². The van der Waals surface area contributed by atoms with E-state index in [1.165, 1.54) is 14.2 Å². The molecule has 10 heteroatoms. The van der Waals surface area contributed by atoms with Gasteiger partial charge in [-0.2, -0.15) is 0 Å². The average Bonchev–Trinajstić information content (AvgIpc) is 2.94. The van der Waals surface area contributed by atoms with Gasteiger partial charge in [0.1, 0.15) is 24.4 Å². The van der Waals surface area contributed by atoms with Crippen molar-refractivity contribution >= 4 is 0 Å². The van der Waals surface area contributed by atoms with E-state index < -0.39 is 54.5 Å². The van der Waals surface area contributed by atoms with E-state index in [0.29, 0.717) is 6.61 Å². The highest BCUT2D eigenvalue weighted by Crippen LogP contribution is 2.47. The fourth-order valence-corrected chi connectivity index (χ4v) is 5.06. The fraction of sp³-hybridized carbons (Fsp3) is 0.586. The number of ether oxygens (including phenoxy) is 7. The highest BCUT2D eigenvalue weighted by molar-refractivity contribution is 5.15. The van der Waals surface area contributed by atoms with Crippen LogP contribution in [-0.2, 0) is 46.4 Å². The number of benzene rings is 2. The maximum Gasteiger partial charge on any atom is 0.220 e. The molecule has 0 bridgehead atoms. The third-order valence-corrected chi connectivity index (χ3v) is 7.52. The fourth-order valence-electron chi connectivity index (χ4n) is 5.06. The molecule has 3 N–H and O–H groups in total. The number of hydrogen-bond acceptors (Lipinski definition) is 10. The molecular weight excluding hydrogens is 508 g/mol. The second-order valence-corrected chi connectivity index (χ2v) is 10.2. The summed E-state index contributed by atoms with van der Waals surface area (Å²) in [5.74, 6) is -4.79. The van der Waals surface area contributed by atoms with Crippen LogP contribution in [0.2, 0.25) is 0 Å². The number of rotatable bonds is 12. The first-order chi connectivity index (χ1) is 18.7. The van der Waals surface area contributed by atoms with Crippen molar-refractivity contribution in [2.24, 2.45) is 0 Å². The average molecular weight is 549 g/mol. The summed E-state index contributed by atoms with van der Waals surface area (Å²) in [4.78, 5) is 0. The Hall–Kier alpha value is -1.96. The third kappa shape index (κ3) is 6.52. The predicted octanol–water partition coefficient (Wildman–Crippen LogP) is 2.13. The zero-order valence-electron chi connectivity index (χ0n) is 22.9. The Morgan fingerprint density at radius 3 is 1.90 bits per heavy atom. The normalized spacial score (nSPS) is 35.4. The minimum absolute atomic E-state index is 0.0336. The van der Waals surface area contributed by atoms with Crippen molar-refractivity contribution < 1.29 is 48.5 Å². The van der Waals surface area contributed by atoms with Crippen LogP contribution in [0.1, 0.15) is 31.4 Å². The Morgan fingerprint density at radius 2 is 1.36 bits per heavy atom. The van der Waals surface area contributed by atoms with E-state index in [4.69, 9.17) is 33.2 Å². The van der Waals surface area contributed by atoms with E-state index in [-0.39, 0.29) is 19.6 Å². The van der Waals surface area contributed by atoms with Crippen molar-refractivity contribution in [3.8, 4) is 0 Å². The number of aliphatic hydroxyl groups excluding tert-OH is 2. The lowest BCUT2D eigenvalue weighted by Gasteiger charge is -2.59. The molecule has 0 aromatic heterocycles. The minimum Gasteiger partial charge on any atom is -0.394 e. The molecule has 0 radical (unpaired) electrons. The van der Waals surface area contributed by atoms with Crippen LogP contribution in [0.25, 0.3) is 0 Å². The molecule has 2 aliphatic rings. The topological polar surface area (TPSA) is 125 Å². The minimum atomic E-state index is -2.06. The molecule has 0 saturated carbocycles. The second kappa shape index (κ2) is 12.7. The van der Waals surface area contributed by atoms with Gasteiger partial charge in [0, 0.05) is 20.6 Å². The lowest BCUT2D eigenvalue weighted by molar-refractivity contribution is -0.492. The van der Waals surface area contributed by atoms with Crippen LogP contribution in [0.5, 0.6) is 0 Å². The molecule has 3 unspecified atom stereocenters. The first kappa shape index (κ1) is 30.0. The lowest BCUT2D eigenvalue weighted by atomic mass is 9.86. The highest BCUT2D eigenvalue weighted by atomic mass is 16.8. The predicted molar refractivity (Wildman–Crippen MR) is 139 cm³/mol. The maximum absolute atomic E-state index is 11.9. The van der Waals surface area contributed by atoms with Crippen LogP contribution in [0.3, 0.4) is 0 Å². The Bertz CT molecular complexity index is 1030. The van der Waals surface area contributed by atoms with Crippen LogP contribution in [0, 0.1) is 0 Å². The molecule has 2 heterocycles. The zero-order chi connectivity index (χ0) is 28.1. The number of hydrogen-bond donors (Lipinski definition) is 3. The number of methoxy groups -OCH3 is 2. The van der Waals surface area contributed by atoms with E-state index in [1.807, 2.05) is 60.7 Å². The molecule has 10 nitrogen and oxygen atoms in total. The van der Waals surface area contributed by atoms with Gasteiger partial charge in [0.2, 0.25) is 11.6 Å². The van der Waals surface area contributed by atoms with Crippen LogP contribution in [0.4, 0.5) is 0 Å². The van der Waals surface area contributed by atoms with E-state index in [1.54, 1.807) is 13.8 Å². The second-order valence-electron chi connectivity index (χ2n) is 10.2. The van der Waals surface area contributed by atoms with Gasteiger partial charge in [-0.25, -0.2) is 0 Å². The van der Waals surface area contributed by atoms with E-state index >= 15 is 0 Å². The molecule has 0 aliphatic carbocycles. The van der Waals surface area contributed by atoms with Crippen LogP contribution in [0.15, 0.2) is 60.7 Å². The summed E-state index contributed by atoms with van der Waals surface area (Å²) in [7, 11) is 2.96. The monoisotopic (exact) mass is 548 g/mol. The Balaban J connectivity index is 1.66. The summed E-state index contributed by atoms with van der Waals surface area (Å²) in [5.41, 5.74) is 1.83. The summed E-state index contributed by atoms with van der Waals surface area (Å²) >= 11 is 0. The molecule has 0 spiro atoms. The Kier molecular flexibility index (Phi) is 9.77. The zero-order valence-corrected chi connectivity index (χ0v) is 22.9. The molecule has 4 rings (SSSR count). The van der Waals surface area contributed by atoms with Gasteiger partial charge in [-0.1, -0.05) is 60.7 Å². The van der Waals surface area contributed by atoms with Crippen LogP contribution < -0.4 is 0 Å². The van der Waals surface area contributed by atoms with E-state index in [9.17, 15) is 15.3 Å². The van der Waals surface area contributed by atoms with Gasteiger partial charge in [-0.3, -0.25) is 0 Å². The Morgan fingerprint density at radius 1 is 0.821 bits per heavy atom. The molecular formula is C29H40O10. The highest BCUT2D eigenvalue weighted by Gasteiger charge is 2.65. The molecule has 8 atom stereocenters. The molecule has 2 aromatic rings. The van der Waals surface area contributed by atoms with Crippen LogP contribution in [-0.4, -0.2) is 90.6 Å². The molecule has 2 fully saturated rings. The molecule has 0 amide bonds. The Labute approximate surface area is 229 Å². The SMILES string of the molecule is COC1(C)O[C@H]2[C@H](OC1(C)OC)[C@@H](COCc1ccccc1)OC(O)(C[C@H](O)CO)[C@@H]2OCc1ccccc1. The van der Waals surface area contributed by atoms with Gasteiger partial charge in [0.25, 0.3) is 0 Å². The van der Waals surface area contributed by atoms with E-state index in [2.05, 4.69) is 0 Å². The van der Waals surface area contributed by atoms with Crippen molar-refractivity contribution in [2.45, 2.75) is 81.4 Å². The van der Waals surface area contributed by atoms with Crippen molar-refractivity contribution in [1.29, 1.82) is 0 Å². The van der Waals surface area contributed by atoms with Crippen molar-refractivity contribution in [3.63, 3.8) is 0 Å². The van der Waals surface area contributed by atoms with Crippen molar-refractivity contribution in [1.82, 2.24) is 0 Å². The smallest absolute Gasteiger partial charge is 0.220 e. The maximum atomic E-state index is 11.9. The van der Waals surface area contributed by atoms with E-state index in [0.717, 1.165) is 11.1 Å². The largest absolute Gasteiger partial charge is 0.394 e. The molecule has 2 aliphatic heterocycles. The van der Waals surface area contributed by atoms with Gasteiger partial charge in [-0.15, -0.1) is 0 Å². The van der Waals surface area contributed by atoms with Gasteiger partial charge < -0.3 is 48.5 Å². The number of aliphatic hydroxyl groups is 3. The van der Waals surface area contributed by atoms with Crippen molar-refractivity contribution in [3.05, 3.63) is 71.8 Å². The first-order valence-electron chi connectivity index (χ1n) is 13.1. The van der Waals surface area contributed by atoms with Gasteiger partial charge in [0.15, 0.2) is 5.79 Å². The van der Waals surface area contributed by atoms with Gasteiger partial charge >= 0.3 is 0 Å². The number of fused-ring (bicyclic) bond motifs is 1. The summed E-state index contributed by atoms with van der Waals surface area (Å²) in [6, 6.07) is 19.1. The molecule has 216 valence electrons. The van der Waals surface area contributed by atoms with Gasteiger partial charge in [-0.05, 0) is 25.0 Å². The summed E-state index contributed by atoms with van der Waals surface area (Å²) in [5, 5.41) is 31.8. The van der Waals surface area contributed by atoms with Gasteiger partial charge in [0.05, 0.1) is 32.5 Å². The molecule has 2 aromatic carbocycles. The lowest BCUT2D eigenvalue weighted by Crippen LogP contribution is -2.76. The summed E-state index contributed by atoms with van der Waals surface area (Å²) in [6.45, 7) is 3.27. The quantitative estimate of drug-likeness (QED) is 0.363. The molecule has 2 saturated heterocycles. The molecule has 39 heavy (non-hydrogen) atoms. The first-order valence-corrected chi connectivity index (χ1v) is 13.1.